The third-order valence-corrected chi connectivity index (χ3v) is 8.27. The van der Waals surface area contributed by atoms with Gasteiger partial charge in [-0.25, -0.2) is 8.42 Å². The van der Waals surface area contributed by atoms with Gasteiger partial charge in [-0.2, -0.15) is 5.10 Å². The van der Waals surface area contributed by atoms with Crippen molar-refractivity contribution in [3.8, 4) is 11.5 Å². The molecule has 1 aromatic heterocycles. The number of rotatable bonds is 10. The van der Waals surface area contributed by atoms with E-state index >= 15 is 0 Å². The summed E-state index contributed by atoms with van der Waals surface area (Å²) in [6, 6.07) is 23.5. The van der Waals surface area contributed by atoms with E-state index in [0.29, 0.717) is 52.5 Å². The first kappa shape index (κ1) is 26.0. The summed E-state index contributed by atoms with van der Waals surface area (Å²) in [6.07, 6.45) is 0. The number of sulfone groups is 1. The summed E-state index contributed by atoms with van der Waals surface area (Å²) < 4.78 is 41.8. The van der Waals surface area contributed by atoms with Crippen molar-refractivity contribution in [2.45, 2.75) is 23.4 Å². The molecule has 5 aromatic rings. The monoisotopic (exact) mass is 549 g/mol. The molecule has 7 nitrogen and oxygen atoms in total. The van der Waals surface area contributed by atoms with Gasteiger partial charge in [-0.3, -0.25) is 4.68 Å². The van der Waals surface area contributed by atoms with Crippen LogP contribution in [0.25, 0.3) is 21.7 Å². The van der Waals surface area contributed by atoms with Crippen molar-refractivity contribution in [3.63, 3.8) is 0 Å². The molecule has 0 aliphatic rings. The van der Waals surface area contributed by atoms with Crippen LogP contribution in [0.15, 0.2) is 88.8 Å². The molecule has 0 aliphatic carbocycles. The van der Waals surface area contributed by atoms with Crippen molar-refractivity contribution >= 4 is 43.1 Å². The molecule has 4 aromatic carbocycles. The molecule has 0 spiro atoms. The molecule has 1 heterocycles. The predicted molar refractivity (Wildman–Crippen MR) is 150 cm³/mol. The van der Waals surface area contributed by atoms with Crippen molar-refractivity contribution in [1.29, 1.82) is 0 Å². The number of fused-ring (bicyclic) bond motifs is 2. The maximum atomic E-state index is 14.2. The molecule has 0 amide bonds. The van der Waals surface area contributed by atoms with Gasteiger partial charge < -0.3 is 14.8 Å². The molecule has 5 rings (SSSR count). The number of halogens is 1. The van der Waals surface area contributed by atoms with Crippen LogP contribution in [-0.4, -0.2) is 45.0 Å². The number of nitrogens with zero attached hydrogens (tertiary/aromatic N) is 2. The van der Waals surface area contributed by atoms with E-state index in [2.05, 4.69) is 10.4 Å². The lowest BCUT2D eigenvalue weighted by atomic mass is 10.1. The largest absolute Gasteiger partial charge is 0.497 e. The lowest BCUT2D eigenvalue weighted by Crippen LogP contribution is -2.20. The van der Waals surface area contributed by atoms with E-state index in [0.717, 1.165) is 17.5 Å². The van der Waals surface area contributed by atoms with Crippen molar-refractivity contribution in [2.75, 3.05) is 26.8 Å². The zero-order chi connectivity index (χ0) is 26.7. The van der Waals surface area contributed by atoms with E-state index < -0.39 is 9.84 Å². The molecule has 196 valence electrons. The third kappa shape index (κ3) is 5.07. The van der Waals surface area contributed by atoms with Crippen LogP contribution < -0.4 is 14.8 Å². The van der Waals surface area contributed by atoms with E-state index in [4.69, 9.17) is 21.1 Å². The first-order valence-electron chi connectivity index (χ1n) is 12.3. The normalized spacial score (nSPS) is 11.8. The zero-order valence-corrected chi connectivity index (χ0v) is 22.7. The summed E-state index contributed by atoms with van der Waals surface area (Å²) in [5.41, 5.74) is 1.45. The van der Waals surface area contributed by atoms with Crippen LogP contribution in [0.4, 0.5) is 0 Å². The molecule has 0 bridgehead atoms. The number of methoxy groups -OCH3 is 1. The number of likely N-dealkylation sites (N-methyl/N-ethyl adjacent to an activating group) is 1. The van der Waals surface area contributed by atoms with E-state index in [1.54, 1.807) is 42.1 Å². The van der Waals surface area contributed by atoms with E-state index in [-0.39, 0.29) is 9.92 Å². The molecular weight excluding hydrogens is 522 g/mol. The molecule has 1 N–H and O–H groups in total. The van der Waals surface area contributed by atoms with Crippen LogP contribution in [0, 0.1) is 0 Å². The molecule has 0 atom stereocenters. The van der Waals surface area contributed by atoms with E-state index in [1.165, 1.54) is 0 Å². The van der Waals surface area contributed by atoms with Crippen LogP contribution in [0.3, 0.4) is 0 Å². The van der Waals surface area contributed by atoms with Gasteiger partial charge in [0.1, 0.15) is 23.6 Å². The first-order valence-corrected chi connectivity index (χ1v) is 14.2. The van der Waals surface area contributed by atoms with Crippen molar-refractivity contribution < 1.29 is 17.9 Å². The maximum absolute atomic E-state index is 14.2. The average molecular weight is 550 g/mol. The third-order valence-electron chi connectivity index (χ3n) is 6.29. The molecule has 9 heteroatoms. The fraction of sp³-hybridized carbons (Fsp3) is 0.207. The first-order chi connectivity index (χ1) is 18.4. The summed E-state index contributed by atoms with van der Waals surface area (Å²) in [4.78, 5) is 0.197. The predicted octanol–water partition coefficient (Wildman–Crippen LogP) is 5.72. The highest BCUT2D eigenvalue weighted by molar-refractivity contribution is 7.91. The number of aromatic nitrogens is 2. The van der Waals surface area contributed by atoms with Crippen LogP contribution in [0.1, 0.15) is 12.5 Å². The molecule has 0 saturated heterocycles. The van der Waals surface area contributed by atoms with Crippen molar-refractivity contribution in [3.05, 3.63) is 89.4 Å². The molecule has 0 radical (unpaired) electrons. The van der Waals surface area contributed by atoms with Gasteiger partial charge in [0.25, 0.3) is 0 Å². The molecular formula is C29H28ClN3O4S. The minimum atomic E-state index is -4.02. The molecule has 0 aliphatic heterocycles. The number of benzene rings is 4. The highest BCUT2D eigenvalue weighted by Gasteiger charge is 2.29. The fourth-order valence-corrected chi connectivity index (χ4v) is 6.32. The van der Waals surface area contributed by atoms with Gasteiger partial charge in [0.2, 0.25) is 9.84 Å². The van der Waals surface area contributed by atoms with Crippen molar-refractivity contribution in [1.82, 2.24) is 15.1 Å². The summed E-state index contributed by atoms with van der Waals surface area (Å²) in [6.45, 7) is 4.17. The second-order valence-electron chi connectivity index (χ2n) is 8.80. The van der Waals surface area contributed by atoms with Crippen molar-refractivity contribution in [2.24, 2.45) is 0 Å². The van der Waals surface area contributed by atoms with Crippen LogP contribution in [-0.2, 0) is 16.4 Å². The van der Waals surface area contributed by atoms with Crippen LogP contribution in [0.5, 0.6) is 11.5 Å². The Morgan fingerprint density at radius 2 is 1.76 bits per heavy atom. The van der Waals surface area contributed by atoms with Gasteiger partial charge >= 0.3 is 0 Å². The van der Waals surface area contributed by atoms with E-state index in [9.17, 15) is 8.42 Å². The highest BCUT2D eigenvalue weighted by atomic mass is 35.5. The van der Waals surface area contributed by atoms with Gasteiger partial charge in [-0.1, -0.05) is 67.1 Å². The Kier molecular flexibility index (Phi) is 7.56. The number of hydrogen-bond donors (Lipinski definition) is 1. The molecule has 38 heavy (non-hydrogen) atoms. The topological polar surface area (TPSA) is 82.4 Å². The van der Waals surface area contributed by atoms with Gasteiger partial charge in [0.05, 0.1) is 18.6 Å². The summed E-state index contributed by atoms with van der Waals surface area (Å²) in [5.74, 6) is 0.971. The van der Waals surface area contributed by atoms with Gasteiger partial charge in [0, 0.05) is 28.4 Å². The molecule has 0 fully saturated rings. The van der Waals surface area contributed by atoms with Gasteiger partial charge in [-0.05, 0) is 41.8 Å². The summed E-state index contributed by atoms with van der Waals surface area (Å²) in [5, 5.41) is 10.4. The Labute approximate surface area is 226 Å². The zero-order valence-electron chi connectivity index (χ0n) is 21.1. The minimum Gasteiger partial charge on any atom is -0.497 e. The van der Waals surface area contributed by atoms with Crippen LogP contribution in [0.2, 0.25) is 5.02 Å². The smallest absolute Gasteiger partial charge is 0.226 e. The van der Waals surface area contributed by atoms with Gasteiger partial charge in [0.15, 0.2) is 5.03 Å². The Balaban J connectivity index is 1.73. The Bertz CT molecular complexity index is 1710. The number of ether oxygens (including phenoxy) is 2. The lowest BCUT2D eigenvalue weighted by Gasteiger charge is -2.12. The fourth-order valence-electron chi connectivity index (χ4n) is 4.52. The molecule has 0 unspecified atom stereocenters. The van der Waals surface area contributed by atoms with Gasteiger partial charge in [-0.15, -0.1) is 0 Å². The standard InChI is InChI=1S/C29H28ClN3O4S/c1-3-31-14-15-37-26-18-23(36-2)17-25-28(26)33(19-20-8-6-11-22(30)16-20)32-29(25)38(34,35)27-13-7-10-21-9-4-5-12-24(21)27/h4-13,16-18,31H,3,14-15,19H2,1-2H3. The maximum Gasteiger partial charge on any atom is 0.226 e. The Hall–Kier alpha value is -3.59. The lowest BCUT2D eigenvalue weighted by molar-refractivity contribution is 0.315. The Morgan fingerprint density at radius 1 is 0.974 bits per heavy atom. The van der Waals surface area contributed by atoms with Crippen LogP contribution >= 0.6 is 11.6 Å². The summed E-state index contributed by atoms with van der Waals surface area (Å²) >= 11 is 6.24. The SMILES string of the molecule is CCNCCOc1cc(OC)cc2c(S(=O)(=O)c3cccc4ccccc34)nn(Cc3cccc(Cl)c3)c12. The quantitative estimate of drug-likeness (QED) is 0.224. The minimum absolute atomic E-state index is 0.0543. The van der Waals surface area contributed by atoms with E-state index in [1.807, 2.05) is 55.5 Å². The Morgan fingerprint density at radius 3 is 2.55 bits per heavy atom. The average Bonchev–Trinajstić information content (AvgIpc) is 3.29. The number of hydrogen-bond acceptors (Lipinski definition) is 6. The molecule has 0 saturated carbocycles. The highest BCUT2D eigenvalue weighted by Crippen LogP contribution is 2.38. The second-order valence-corrected chi connectivity index (χ2v) is 11.1. The number of nitrogens with one attached hydrogen (secondary N) is 1. The second kappa shape index (κ2) is 11.0. The summed E-state index contributed by atoms with van der Waals surface area (Å²) in [7, 11) is -2.48.